The molecule has 1 fully saturated rings. The third-order valence-electron chi connectivity index (χ3n) is 7.27. The van der Waals surface area contributed by atoms with E-state index in [-0.39, 0.29) is 36.4 Å². The van der Waals surface area contributed by atoms with Gasteiger partial charge in [0.05, 0.1) is 23.5 Å². The van der Waals surface area contributed by atoms with E-state index in [1.165, 1.54) is 35.6 Å². The van der Waals surface area contributed by atoms with E-state index in [4.69, 9.17) is 5.11 Å². The van der Waals surface area contributed by atoms with Gasteiger partial charge in [0.2, 0.25) is 0 Å². The normalized spacial score (nSPS) is 18.4. The van der Waals surface area contributed by atoms with Crippen LogP contribution in [0, 0.1) is 5.41 Å². The predicted octanol–water partition coefficient (Wildman–Crippen LogP) is 4.68. The van der Waals surface area contributed by atoms with Crippen LogP contribution in [0.4, 0.5) is 21.9 Å². The van der Waals surface area contributed by atoms with E-state index in [1.807, 2.05) is 45.0 Å². The molecule has 0 bridgehead atoms. The second kappa shape index (κ2) is 11.2. The summed E-state index contributed by atoms with van der Waals surface area (Å²) in [6.45, 7) is 5.68. The number of nitrogens with zero attached hydrogens (tertiary/aromatic N) is 2. The second-order valence-corrected chi connectivity index (χ2v) is 11.1. The van der Waals surface area contributed by atoms with Crippen molar-refractivity contribution in [3.8, 4) is 0 Å². The van der Waals surface area contributed by atoms with Gasteiger partial charge in [-0.25, -0.2) is 9.59 Å². The van der Waals surface area contributed by atoms with Gasteiger partial charge >= 0.3 is 12.0 Å². The molecule has 0 unspecified atom stereocenters. The van der Waals surface area contributed by atoms with E-state index >= 15 is 0 Å². The third-order valence-corrected chi connectivity index (χ3v) is 7.27. The number of carboxylic acids is 1. The maximum Gasteiger partial charge on any atom is 0.335 e. The number of carboxylic acid groups (broad SMARTS) is 1. The van der Waals surface area contributed by atoms with Crippen LogP contribution in [0.1, 0.15) is 63.2 Å². The molecule has 202 valence electrons. The van der Waals surface area contributed by atoms with Gasteiger partial charge in [-0.15, -0.1) is 0 Å². The summed E-state index contributed by atoms with van der Waals surface area (Å²) in [6.07, 6.45) is 5.39. The first-order valence-corrected chi connectivity index (χ1v) is 13.2. The smallest absolute Gasteiger partial charge is 0.335 e. The number of amides is 3. The van der Waals surface area contributed by atoms with Crippen LogP contribution in [0.2, 0.25) is 0 Å². The highest BCUT2D eigenvalue weighted by Crippen LogP contribution is 2.37. The fourth-order valence-corrected chi connectivity index (χ4v) is 5.03. The molecule has 0 radical (unpaired) electrons. The number of anilines is 3. The Hall–Kier alpha value is -3.88. The highest BCUT2D eigenvalue weighted by molar-refractivity contribution is 6.08. The lowest BCUT2D eigenvalue weighted by Gasteiger charge is -2.37. The van der Waals surface area contributed by atoms with Crippen molar-refractivity contribution in [2.24, 2.45) is 5.41 Å². The Balaban J connectivity index is 1.63. The van der Waals surface area contributed by atoms with Crippen LogP contribution in [0.25, 0.3) is 0 Å². The number of nitrogens with one attached hydrogen (secondary N) is 2. The number of fused-ring (bicyclic) bond motifs is 1. The van der Waals surface area contributed by atoms with Gasteiger partial charge in [0, 0.05) is 23.7 Å². The minimum atomic E-state index is -1.06. The fraction of sp³-hybridized carbons (Fsp3) is 0.448. The summed E-state index contributed by atoms with van der Waals surface area (Å²) in [4.78, 5) is 54.9. The predicted molar refractivity (Wildman–Crippen MR) is 147 cm³/mol. The molecule has 38 heavy (non-hydrogen) atoms. The van der Waals surface area contributed by atoms with Crippen molar-refractivity contribution >= 4 is 40.8 Å². The third kappa shape index (κ3) is 6.15. The van der Waals surface area contributed by atoms with Gasteiger partial charge < -0.3 is 25.5 Å². The molecule has 3 N–H and O–H groups in total. The van der Waals surface area contributed by atoms with Crippen molar-refractivity contribution in [1.82, 2.24) is 5.32 Å². The average molecular weight is 521 g/mol. The Morgan fingerprint density at radius 3 is 2.18 bits per heavy atom. The Labute approximate surface area is 223 Å². The quantitative estimate of drug-likeness (QED) is 0.509. The Kier molecular flexibility index (Phi) is 8.04. The number of benzene rings is 2. The molecule has 2 aromatic carbocycles. The summed E-state index contributed by atoms with van der Waals surface area (Å²) in [6, 6.07) is 12.2. The molecule has 1 atom stereocenters. The SMILES string of the molecule is CC(C)(C)C(=O)CN1C(=O)[C@H](NC(=O)Nc2ccc(C(=O)O)cc2)CN(C2CCCCC2)c2ccccc21. The van der Waals surface area contributed by atoms with E-state index in [1.54, 1.807) is 0 Å². The lowest BCUT2D eigenvalue weighted by molar-refractivity contribution is -0.127. The molecule has 0 spiro atoms. The molecular weight excluding hydrogens is 484 g/mol. The summed E-state index contributed by atoms with van der Waals surface area (Å²) >= 11 is 0. The molecule has 0 aromatic heterocycles. The number of Topliss-reactive ketones (excluding diaryl/α,β-unsaturated/α-hetero) is 1. The lowest BCUT2D eigenvalue weighted by atomic mass is 9.90. The number of hydrogen-bond donors (Lipinski definition) is 3. The van der Waals surface area contributed by atoms with Crippen LogP contribution in [0.15, 0.2) is 48.5 Å². The van der Waals surface area contributed by atoms with Crippen molar-refractivity contribution in [3.05, 3.63) is 54.1 Å². The molecule has 9 heteroatoms. The van der Waals surface area contributed by atoms with Crippen molar-refractivity contribution in [3.63, 3.8) is 0 Å². The van der Waals surface area contributed by atoms with Crippen molar-refractivity contribution < 1.29 is 24.3 Å². The summed E-state index contributed by atoms with van der Waals surface area (Å²) in [5.74, 6) is -1.48. The molecule has 1 aliphatic carbocycles. The van der Waals surface area contributed by atoms with E-state index < -0.39 is 23.5 Å². The monoisotopic (exact) mass is 520 g/mol. The summed E-state index contributed by atoms with van der Waals surface area (Å²) in [5, 5.41) is 14.6. The number of urea groups is 1. The number of carbonyl (C=O) groups excluding carboxylic acids is 3. The van der Waals surface area contributed by atoms with E-state index in [9.17, 15) is 19.2 Å². The molecule has 1 saturated carbocycles. The van der Waals surface area contributed by atoms with Gasteiger partial charge in [0.25, 0.3) is 5.91 Å². The highest BCUT2D eigenvalue weighted by Gasteiger charge is 2.39. The van der Waals surface area contributed by atoms with Gasteiger partial charge in [-0.1, -0.05) is 52.2 Å². The Bertz CT molecular complexity index is 1200. The maximum absolute atomic E-state index is 13.9. The zero-order chi connectivity index (χ0) is 27.4. The number of para-hydroxylation sites is 2. The number of ketones is 1. The Morgan fingerprint density at radius 1 is 0.947 bits per heavy atom. The van der Waals surface area contributed by atoms with Crippen molar-refractivity contribution in [2.45, 2.75) is 65.0 Å². The Morgan fingerprint density at radius 2 is 1.58 bits per heavy atom. The van der Waals surface area contributed by atoms with Crippen LogP contribution in [0.5, 0.6) is 0 Å². The molecule has 2 aromatic rings. The fourth-order valence-electron chi connectivity index (χ4n) is 5.03. The van der Waals surface area contributed by atoms with Gasteiger partial charge in [0.15, 0.2) is 5.78 Å². The zero-order valence-electron chi connectivity index (χ0n) is 22.2. The van der Waals surface area contributed by atoms with Crippen LogP contribution in [0.3, 0.4) is 0 Å². The molecule has 1 aliphatic heterocycles. The standard InChI is InChI=1S/C29H36N4O5/c1-29(2,3)25(34)18-33-24-12-8-7-11-23(24)32(21-9-5-4-6-10-21)17-22(26(33)35)31-28(38)30-20-15-13-19(14-16-20)27(36)37/h7-8,11-16,21-22H,4-6,9-10,17-18H2,1-3H3,(H,36,37)(H2,30,31,38)/t22-/m1/s1. The molecule has 0 saturated heterocycles. The first-order valence-electron chi connectivity index (χ1n) is 13.2. The number of carbonyl (C=O) groups is 4. The van der Waals surface area contributed by atoms with Crippen LogP contribution in [-0.4, -0.2) is 54.0 Å². The molecule has 2 aliphatic rings. The van der Waals surface area contributed by atoms with E-state index in [2.05, 4.69) is 15.5 Å². The molecule has 1 heterocycles. The molecule has 3 amide bonds. The first kappa shape index (κ1) is 27.2. The topological polar surface area (TPSA) is 119 Å². The molecule has 4 rings (SSSR count). The summed E-state index contributed by atoms with van der Waals surface area (Å²) in [5.41, 5.74) is 1.45. The van der Waals surface area contributed by atoms with Gasteiger partial charge in [0.1, 0.15) is 6.04 Å². The zero-order valence-corrected chi connectivity index (χ0v) is 22.2. The molecule has 9 nitrogen and oxygen atoms in total. The van der Waals surface area contributed by atoms with Crippen LogP contribution < -0.4 is 20.4 Å². The van der Waals surface area contributed by atoms with E-state index in [0.717, 1.165) is 31.4 Å². The number of aromatic carboxylic acids is 1. The van der Waals surface area contributed by atoms with Gasteiger partial charge in [-0.3, -0.25) is 9.59 Å². The van der Waals surface area contributed by atoms with E-state index in [0.29, 0.717) is 11.4 Å². The number of hydrogen-bond acceptors (Lipinski definition) is 5. The van der Waals surface area contributed by atoms with Crippen LogP contribution >= 0.6 is 0 Å². The first-order chi connectivity index (χ1) is 18.0. The maximum atomic E-state index is 13.9. The van der Waals surface area contributed by atoms with Gasteiger partial charge in [-0.2, -0.15) is 0 Å². The minimum Gasteiger partial charge on any atom is -0.478 e. The largest absolute Gasteiger partial charge is 0.478 e. The summed E-state index contributed by atoms with van der Waals surface area (Å²) in [7, 11) is 0. The molecular formula is C29H36N4O5. The highest BCUT2D eigenvalue weighted by atomic mass is 16.4. The average Bonchev–Trinajstić information content (AvgIpc) is 2.99. The minimum absolute atomic E-state index is 0.0755. The van der Waals surface area contributed by atoms with Crippen molar-refractivity contribution in [2.75, 3.05) is 28.2 Å². The van der Waals surface area contributed by atoms with Crippen molar-refractivity contribution in [1.29, 1.82) is 0 Å². The van der Waals surface area contributed by atoms with Gasteiger partial charge in [-0.05, 0) is 49.2 Å². The number of rotatable bonds is 6. The summed E-state index contributed by atoms with van der Waals surface area (Å²) < 4.78 is 0. The lowest BCUT2D eigenvalue weighted by Crippen LogP contribution is -2.55. The second-order valence-electron chi connectivity index (χ2n) is 11.1. The van der Waals surface area contributed by atoms with Crippen LogP contribution in [-0.2, 0) is 9.59 Å².